The van der Waals surface area contributed by atoms with E-state index >= 15 is 0 Å². The van der Waals surface area contributed by atoms with Crippen molar-refractivity contribution in [2.24, 2.45) is 0 Å². The Morgan fingerprint density at radius 3 is 1.10 bits per heavy atom. The molecule has 3 aliphatic rings. The van der Waals surface area contributed by atoms with Gasteiger partial charge >= 0.3 is 0 Å². The minimum absolute atomic E-state index is 0.120. The maximum atomic E-state index is 1.64. The van der Waals surface area contributed by atoms with Gasteiger partial charge in [0.05, 0.1) is 0 Å². The second-order valence-corrected chi connectivity index (χ2v) is 8.57. The summed E-state index contributed by atoms with van der Waals surface area (Å²) in [6.07, 6.45) is 9.86. The van der Waals surface area contributed by atoms with Crippen molar-refractivity contribution in [3.8, 4) is 0 Å². The van der Waals surface area contributed by atoms with Crippen LogP contribution in [0.2, 0.25) is 16.6 Å². The van der Waals surface area contributed by atoms with Gasteiger partial charge in [0.25, 0.3) is 0 Å². The molecular weight excluding hydrogens is 136 g/mol. The second kappa shape index (κ2) is 1.88. The van der Waals surface area contributed by atoms with Crippen LogP contribution in [0, 0.1) is 0 Å². The van der Waals surface area contributed by atoms with Crippen LogP contribution in [0.3, 0.4) is 0 Å². The van der Waals surface area contributed by atoms with Gasteiger partial charge < -0.3 is 0 Å². The lowest BCUT2D eigenvalue weighted by molar-refractivity contribution is 1.18. The van der Waals surface area contributed by atoms with Crippen LogP contribution in [0.25, 0.3) is 0 Å². The molecule has 0 unspecified atom stereocenters. The van der Waals surface area contributed by atoms with Crippen molar-refractivity contribution in [1.29, 1.82) is 0 Å². The molecule has 0 radical (unpaired) electrons. The Kier molecular flexibility index (Phi) is 1.09. The molecule has 0 aliphatic heterocycles. The fourth-order valence-electron chi connectivity index (χ4n) is 2.60. The van der Waals surface area contributed by atoms with Crippen molar-refractivity contribution in [3.05, 3.63) is 0 Å². The Bertz CT molecular complexity index is 114. The number of hydrogen-bond donors (Lipinski definition) is 0. The van der Waals surface area contributed by atoms with Crippen LogP contribution < -0.4 is 0 Å². The van der Waals surface area contributed by atoms with Crippen LogP contribution in [-0.2, 0) is 0 Å². The third kappa shape index (κ3) is 0.951. The Balaban J connectivity index is 1.69. The number of hydrogen-bond acceptors (Lipinski definition) is 0. The molecular formula is C9H16Si. The predicted molar refractivity (Wildman–Crippen MR) is 46.1 cm³/mol. The molecule has 0 aromatic heterocycles. The van der Waals surface area contributed by atoms with Crippen LogP contribution in [0.5, 0.6) is 0 Å². The van der Waals surface area contributed by atoms with Crippen LogP contribution in [0.15, 0.2) is 0 Å². The summed E-state index contributed by atoms with van der Waals surface area (Å²) in [7, 11) is -0.120. The van der Waals surface area contributed by atoms with Gasteiger partial charge in [-0.3, -0.25) is 0 Å². The first-order chi connectivity index (χ1) is 4.95. The van der Waals surface area contributed by atoms with Crippen molar-refractivity contribution in [2.75, 3.05) is 0 Å². The first kappa shape index (κ1) is 5.82. The molecule has 3 aliphatic carbocycles. The highest BCUT2D eigenvalue weighted by Gasteiger charge is 2.49. The van der Waals surface area contributed by atoms with Crippen LogP contribution in [-0.4, -0.2) is 8.80 Å². The molecule has 0 heterocycles. The third-order valence-corrected chi connectivity index (χ3v) is 8.77. The first-order valence-corrected chi connectivity index (χ1v) is 6.95. The summed E-state index contributed by atoms with van der Waals surface area (Å²) in [5.74, 6) is 0. The van der Waals surface area contributed by atoms with Gasteiger partial charge in [0, 0.05) is 8.80 Å². The molecule has 0 bridgehead atoms. The third-order valence-electron chi connectivity index (χ3n) is 3.50. The highest BCUT2D eigenvalue weighted by atomic mass is 28.3. The quantitative estimate of drug-likeness (QED) is 0.545. The minimum atomic E-state index is -0.120. The highest BCUT2D eigenvalue weighted by molar-refractivity contribution is 6.66. The summed E-state index contributed by atoms with van der Waals surface area (Å²) >= 11 is 0. The van der Waals surface area contributed by atoms with E-state index in [2.05, 4.69) is 0 Å². The maximum Gasteiger partial charge on any atom is 0.0461 e. The van der Waals surface area contributed by atoms with E-state index in [1.165, 1.54) is 16.6 Å². The van der Waals surface area contributed by atoms with E-state index in [0.29, 0.717) is 0 Å². The zero-order chi connectivity index (χ0) is 6.55. The van der Waals surface area contributed by atoms with Gasteiger partial charge in [-0.1, -0.05) is 38.5 Å². The number of rotatable bonds is 3. The lowest BCUT2D eigenvalue weighted by atomic mass is 10.9. The molecule has 0 atom stereocenters. The van der Waals surface area contributed by atoms with Gasteiger partial charge in [-0.05, 0) is 16.6 Å². The fourth-order valence-corrected chi connectivity index (χ4v) is 7.79. The second-order valence-electron chi connectivity index (χ2n) is 4.59. The summed E-state index contributed by atoms with van der Waals surface area (Å²) in [6, 6.07) is 0. The van der Waals surface area contributed by atoms with Gasteiger partial charge in [-0.15, -0.1) is 0 Å². The average molecular weight is 152 g/mol. The maximum absolute atomic E-state index is 1.64. The van der Waals surface area contributed by atoms with Gasteiger partial charge in [-0.25, -0.2) is 0 Å². The van der Waals surface area contributed by atoms with Gasteiger partial charge in [0.2, 0.25) is 0 Å². The lowest BCUT2D eigenvalue weighted by Crippen LogP contribution is -2.12. The molecule has 3 rings (SSSR count). The first-order valence-electron chi connectivity index (χ1n) is 4.95. The summed E-state index contributed by atoms with van der Waals surface area (Å²) in [6.45, 7) is 0. The van der Waals surface area contributed by atoms with Gasteiger partial charge in [-0.2, -0.15) is 0 Å². The van der Waals surface area contributed by atoms with Crippen LogP contribution in [0.1, 0.15) is 38.5 Å². The summed E-state index contributed by atoms with van der Waals surface area (Å²) in [5.41, 5.74) is 4.04. The van der Waals surface area contributed by atoms with Crippen LogP contribution >= 0.6 is 0 Å². The molecule has 3 fully saturated rings. The molecule has 0 aromatic carbocycles. The largest absolute Gasteiger partial charge is 0.0531 e. The topological polar surface area (TPSA) is 0 Å². The van der Waals surface area contributed by atoms with E-state index in [9.17, 15) is 0 Å². The zero-order valence-corrected chi connectivity index (χ0v) is 7.71. The lowest BCUT2D eigenvalue weighted by Gasteiger charge is -2.10. The summed E-state index contributed by atoms with van der Waals surface area (Å²) in [5, 5.41) is 0. The van der Waals surface area contributed by atoms with E-state index in [1.807, 2.05) is 0 Å². The molecule has 0 nitrogen and oxygen atoms in total. The predicted octanol–water partition coefficient (Wildman–Crippen LogP) is 2.71. The standard InChI is InChI=1S/C9H16Si/c1-2-7(1)10(8-3-4-8)9-5-6-9/h7-10H,1-6H2. The van der Waals surface area contributed by atoms with Crippen molar-refractivity contribution in [3.63, 3.8) is 0 Å². The summed E-state index contributed by atoms with van der Waals surface area (Å²) < 4.78 is 0. The molecule has 1 heteroatoms. The van der Waals surface area contributed by atoms with Crippen molar-refractivity contribution >= 4 is 8.80 Å². The highest BCUT2D eigenvalue weighted by Crippen LogP contribution is 2.60. The Hall–Kier alpha value is 0.217. The molecule has 10 heavy (non-hydrogen) atoms. The Labute approximate surface area is 64.6 Å². The Morgan fingerprint density at radius 1 is 0.600 bits per heavy atom. The van der Waals surface area contributed by atoms with Crippen LogP contribution in [0.4, 0.5) is 0 Å². The molecule has 0 aromatic rings. The molecule has 0 amide bonds. The normalized spacial score (nSPS) is 33.3. The summed E-state index contributed by atoms with van der Waals surface area (Å²) in [4.78, 5) is 0. The fraction of sp³-hybridized carbons (Fsp3) is 1.00. The van der Waals surface area contributed by atoms with Crippen molar-refractivity contribution < 1.29 is 0 Å². The monoisotopic (exact) mass is 152 g/mol. The smallest absolute Gasteiger partial charge is 0.0461 e. The van der Waals surface area contributed by atoms with Gasteiger partial charge in [0.1, 0.15) is 0 Å². The van der Waals surface area contributed by atoms with E-state index in [1.54, 1.807) is 38.5 Å². The molecule has 56 valence electrons. The molecule has 0 N–H and O–H groups in total. The van der Waals surface area contributed by atoms with E-state index in [-0.39, 0.29) is 8.80 Å². The SMILES string of the molecule is C1CC1[SiH](C1CC1)C1CC1. The van der Waals surface area contributed by atoms with Crippen molar-refractivity contribution in [2.45, 2.75) is 55.1 Å². The van der Waals surface area contributed by atoms with E-state index < -0.39 is 0 Å². The van der Waals surface area contributed by atoms with Gasteiger partial charge in [0.15, 0.2) is 0 Å². The average Bonchev–Trinajstić information content (AvgIpc) is 2.78. The molecule has 0 spiro atoms. The zero-order valence-electron chi connectivity index (χ0n) is 6.55. The van der Waals surface area contributed by atoms with E-state index in [4.69, 9.17) is 0 Å². The van der Waals surface area contributed by atoms with E-state index in [0.717, 1.165) is 0 Å². The van der Waals surface area contributed by atoms with Crippen molar-refractivity contribution in [1.82, 2.24) is 0 Å². The molecule has 3 saturated carbocycles. The Morgan fingerprint density at radius 2 is 0.900 bits per heavy atom. The minimum Gasteiger partial charge on any atom is -0.0531 e. The molecule has 0 saturated heterocycles.